The van der Waals surface area contributed by atoms with Gasteiger partial charge in [-0.2, -0.15) is 0 Å². The lowest BCUT2D eigenvalue weighted by Gasteiger charge is -2.15. The van der Waals surface area contributed by atoms with Crippen LogP contribution in [0.25, 0.3) is 0 Å². The molecule has 1 fully saturated rings. The highest BCUT2D eigenvalue weighted by Gasteiger charge is 2.48. The second-order valence-corrected chi connectivity index (χ2v) is 2.62. The van der Waals surface area contributed by atoms with Crippen LogP contribution in [0.15, 0.2) is 0 Å². The number of aliphatic hydroxyl groups is 3. The average Bonchev–Trinajstić information content (AvgIpc) is 2.31. The second-order valence-electron chi connectivity index (χ2n) is 2.62. The lowest BCUT2D eigenvalue weighted by atomic mass is 10.1. The molecule has 1 saturated heterocycles. The first kappa shape index (κ1) is 9.90. The number of rotatable bonds is 2. The van der Waals surface area contributed by atoms with Crippen molar-refractivity contribution in [3.8, 4) is 0 Å². The molecule has 0 spiro atoms. The van der Waals surface area contributed by atoms with Crippen LogP contribution in [0.3, 0.4) is 0 Å². The first-order chi connectivity index (χ1) is 5.95. The number of aliphatic carboxylic acids is 1. The second kappa shape index (κ2) is 3.29. The summed E-state index contributed by atoms with van der Waals surface area (Å²) in [6, 6.07) is 0. The Balaban J connectivity index is 2.73. The summed E-state index contributed by atoms with van der Waals surface area (Å²) < 4.78 is 4.24. The van der Waals surface area contributed by atoms with Gasteiger partial charge in [-0.3, -0.25) is 0 Å². The SMILES string of the molecule is O=C1O[C@H]([C@H](O)C(=O)O)[C@@H](O)C1O. The number of aliphatic hydroxyl groups excluding tert-OH is 3. The van der Waals surface area contributed by atoms with Gasteiger partial charge in [-0.1, -0.05) is 0 Å². The summed E-state index contributed by atoms with van der Waals surface area (Å²) in [6.45, 7) is 0. The quantitative estimate of drug-likeness (QED) is 0.345. The van der Waals surface area contributed by atoms with Crippen LogP contribution in [0.1, 0.15) is 0 Å². The van der Waals surface area contributed by atoms with E-state index in [-0.39, 0.29) is 0 Å². The topological polar surface area (TPSA) is 124 Å². The summed E-state index contributed by atoms with van der Waals surface area (Å²) in [7, 11) is 0. The van der Waals surface area contributed by atoms with Crippen molar-refractivity contribution < 1.29 is 34.8 Å². The summed E-state index contributed by atoms with van der Waals surface area (Å²) in [6.07, 6.45) is -7.14. The number of esters is 1. The fourth-order valence-electron chi connectivity index (χ4n) is 0.984. The normalized spacial score (nSPS) is 35.6. The van der Waals surface area contributed by atoms with Crippen LogP contribution in [0.2, 0.25) is 0 Å². The van der Waals surface area contributed by atoms with E-state index < -0.39 is 36.4 Å². The Kier molecular flexibility index (Phi) is 2.50. The Hall–Kier alpha value is -1.18. The minimum Gasteiger partial charge on any atom is -0.479 e. The van der Waals surface area contributed by atoms with Crippen molar-refractivity contribution in [2.45, 2.75) is 24.4 Å². The molecule has 0 radical (unpaired) electrons. The molecule has 0 aliphatic carbocycles. The zero-order valence-electron chi connectivity index (χ0n) is 6.32. The zero-order chi connectivity index (χ0) is 10.2. The van der Waals surface area contributed by atoms with E-state index in [1.165, 1.54) is 0 Å². The number of hydrogen-bond donors (Lipinski definition) is 4. The number of ether oxygens (including phenoxy) is 1. The molecule has 0 aromatic rings. The average molecular weight is 192 g/mol. The Bertz CT molecular complexity index is 237. The van der Waals surface area contributed by atoms with Gasteiger partial charge in [0.2, 0.25) is 0 Å². The molecule has 4 atom stereocenters. The largest absolute Gasteiger partial charge is 0.479 e. The maximum atomic E-state index is 10.6. The Morgan fingerprint density at radius 1 is 1.46 bits per heavy atom. The van der Waals surface area contributed by atoms with E-state index in [2.05, 4.69) is 4.74 Å². The van der Waals surface area contributed by atoms with Crippen molar-refractivity contribution in [3.63, 3.8) is 0 Å². The van der Waals surface area contributed by atoms with Crippen LogP contribution in [0.4, 0.5) is 0 Å². The third-order valence-corrected chi connectivity index (χ3v) is 1.72. The van der Waals surface area contributed by atoms with Crippen molar-refractivity contribution in [1.29, 1.82) is 0 Å². The molecule has 7 heteroatoms. The molecule has 0 aromatic heterocycles. The van der Waals surface area contributed by atoms with Crippen molar-refractivity contribution in [3.05, 3.63) is 0 Å². The van der Waals surface area contributed by atoms with Crippen molar-refractivity contribution in [1.82, 2.24) is 0 Å². The van der Waals surface area contributed by atoms with Crippen LogP contribution >= 0.6 is 0 Å². The maximum absolute atomic E-state index is 10.6. The molecule has 0 aromatic carbocycles. The molecule has 0 saturated carbocycles. The number of carbonyl (C=O) groups is 2. The van der Waals surface area contributed by atoms with Gasteiger partial charge >= 0.3 is 11.9 Å². The van der Waals surface area contributed by atoms with E-state index in [0.717, 1.165) is 0 Å². The lowest BCUT2D eigenvalue weighted by Crippen LogP contribution is -2.42. The molecule has 0 bridgehead atoms. The Morgan fingerprint density at radius 2 is 2.00 bits per heavy atom. The van der Waals surface area contributed by atoms with Crippen LogP contribution in [-0.4, -0.2) is 56.8 Å². The van der Waals surface area contributed by atoms with E-state index in [9.17, 15) is 9.59 Å². The Morgan fingerprint density at radius 3 is 2.31 bits per heavy atom. The molecule has 1 unspecified atom stereocenters. The smallest absolute Gasteiger partial charge is 0.338 e. The standard InChI is InChI=1S/C6H8O7/c7-1-2(8)6(12)13-4(1)3(9)5(10)11/h1-4,7-9H,(H,10,11)/t1-,2?,3-,4-/m0/s1. The molecule has 1 aliphatic rings. The summed E-state index contributed by atoms with van der Waals surface area (Å²) >= 11 is 0. The van der Waals surface area contributed by atoms with Gasteiger partial charge in [0.25, 0.3) is 0 Å². The molecule has 1 heterocycles. The van der Waals surface area contributed by atoms with Gasteiger partial charge in [0.1, 0.15) is 6.10 Å². The zero-order valence-corrected chi connectivity index (χ0v) is 6.32. The third-order valence-electron chi connectivity index (χ3n) is 1.72. The third kappa shape index (κ3) is 1.62. The maximum Gasteiger partial charge on any atom is 0.338 e. The highest BCUT2D eigenvalue weighted by Crippen LogP contribution is 2.18. The Labute approximate surface area is 72.2 Å². The number of carboxylic acids is 1. The van der Waals surface area contributed by atoms with E-state index in [4.69, 9.17) is 20.4 Å². The number of cyclic esters (lactones) is 1. The van der Waals surface area contributed by atoms with Gasteiger partial charge in [0.05, 0.1) is 0 Å². The highest BCUT2D eigenvalue weighted by molar-refractivity contribution is 5.80. The van der Waals surface area contributed by atoms with E-state index in [0.29, 0.717) is 0 Å². The minimum absolute atomic E-state index is 1.14. The fourth-order valence-corrected chi connectivity index (χ4v) is 0.984. The molecule has 4 N–H and O–H groups in total. The van der Waals surface area contributed by atoms with Crippen LogP contribution in [-0.2, 0) is 14.3 Å². The predicted molar refractivity (Wildman–Crippen MR) is 35.5 cm³/mol. The monoisotopic (exact) mass is 192 g/mol. The highest BCUT2D eigenvalue weighted by atomic mass is 16.6. The minimum atomic E-state index is -2.03. The van der Waals surface area contributed by atoms with Gasteiger partial charge in [0, 0.05) is 0 Å². The van der Waals surface area contributed by atoms with Gasteiger partial charge in [-0.05, 0) is 0 Å². The summed E-state index contributed by atoms with van der Waals surface area (Å²) in [5.74, 6) is -2.77. The van der Waals surface area contributed by atoms with Gasteiger partial charge < -0.3 is 25.2 Å². The van der Waals surface area contributed by atoms with Crippen molar-refractivity contribution in [2.24, 2.45) is 0 Å². The summed E-state index contributed by atoms with van der Waals surface area (Å²) in [5, 5.41) is 35.0. The lowest BCUT2D eigenvalue weighted by molar-refractivity contribution is -0.161. The van der Waals surface area contributed by atoms with Crippen LogP contribution in [0.5, 0.6) is 0 Å². The van der Waals surface area contributed by atoms with Crippen LogP contribution in [0, 0.1) is 0 Å². The van der Waals surface area contributed by atoms with Crippen molar-refractivity contribution in [2.75, 3.05) is 0 Å². The van der Waals surface area contributed by atoms with Crippen molar-refractivity contribution >= 4 is 11.9 Å². The van der Waals surface area contributed by atoms with Gasteiger partial charge in [-0.15, -0.1) is 0 Å². The number of carbonyl (C=O) groups excluding carboxylic acids is 1. The van der Waals surface area contributed by atoms with E-state index >= 15 is 0 Å². The van der Waals surface area contributed by atoms with Gasteiger partial charge in [-0.25, -0.2) is 9.59 Å². The fraction of sp³-hybridized carbons (Fsp3) is 0.667. The molecular formula is C6H8O7. The molecule has 0 amide bonds. The van der Waals surface area contributed by atoms with Gasteiger partial charge in [0.15, 0.2) is 18.3 Å². The summed E-state index contributed by atoms with van der Waals surface area (Å²) in [4.78, 5) is 20.8. The van der Waals surface area contributed by atoms with Crippen LogP contribution < -0.4 is 0 Å². The predicted octanol–water partition coefficient (Wildman–Crippen LogP) is -2.92. The molecular weight excluding hydrogens is 184 g/mol. The molecule has 74 valence electrons. The molecule has 13 heavy (non-hydrogen) atoms. The number of carboxylic acid groups (broad SMARTS) is 1. The number of hydrogen-bond acceptors (Lipinski definition) is 6. The first-order valence-electron chi connectivity index (χ1n) is 3.42. The molecule has 7 nitrogen and oxygen atoms in total. The summed E-state index contributed by atoms with van der Waals surface area (Å²) in [5.41, 5.74) is 0. The van der Waals surface area contributed by atoms with E-state index in [1.807, 2.05) is 0 Å². The van der Waals surface area contributed by atoms with E-state index in [1.54, 1.807) is 0 Å². The molecule has 1 rings (SSSR count). The molecule has 1 aliphatic heterocycles. The first-order valence-corrected chi connectivity index (χ1v) is 3.42.